The van der Waals surface area contributed by atoms with Gasteiger partial charge in [-0.15, -0.1) is 0 Å². The molecule has 2 N–H and O–H groups in total. The summed E-state index contributed by atoms with van der Waals surface area (Å²) >= 11 is 0. The van der Waals surface area contributed by atoms with E-state index in [0.29, 0.717) is 5.69 Å². The second-order valence-electron chi connectivity index (χ2n) is 5.24. The van der Waals surface area contributed by atoms with Crippen LogP contribution in [0.15, 0.2) is 18.2 Å². The van der Waals surface area contributed by atoms with Crippen LogP contribution in [-0.4, -0.2) is 17.0 Å². The molecule has 0 aliphatic heterocycles. The molecule has 0 aliphatic carbocycles. The van der Waals surface area contributed by atoms with Gasteiger partial charge in [-0.2, -0.15) is 0 Å². The highest BCUT2D eigenvalue weighted by Crippen LogP contribution is 2.22. The Balaban J connectivity index is 3.09. The second-order valence-corrected chi connectivity index (χ2v) is 5.24. The summed E-state index contributed by atoms with van der Waals surface area (Å²) < 4.78 is 0. The maximum absolute atomic E-state index is 11.9. The smallest absolute Gasteiger partial charge is 0.337 e. The number of benzene rings is 1. The van der Waals surface area contributed by atoms with E-state index in [1.54, 1.807) is 32.9 Å². The highest BCUT2D eigenvalue weighted by Gasteiger charge is 2.23. The SMILES string of the molecule is CCc1ccc(NC(=O)C(C)(C)C)c(C(=O)O)c1. The van der Waals surface area contributed by atoms with Crippen LogP contribution in [0.25, 0.3) is 0 Å². The molecule has 4 nitrogen and oxygen atoms in total. The predicted octanol–water partition coefficient (Wildman–Crippen LogP) is 2.93. The minimum absolute atomic E-state index is 0.131. The first-order valence-electron chi connectivity index (χ1n) is 5.93. The summed E-state index contributed by atoms with van der Waals surface area (Å²) in [7, 11) is 0. The van der Waals surface area contributed by atoms with Gasteiger partial charge < -0.3 is 10.4 Å². The van der Waals surface area contributed by atoms with Crippen LogP contribution in [-0.2, 0) is 11.2 Å². The zero-order valence-electron chi connectivity index (χ0n) is 11.2. The third-order valence-corrected chi connectivity index (χ3v) is 2.65. The summed E-state index contributed by atoms with van der Waals surface area (Å²) in [4.78, 5) is 23.0. The fourth-order valence-corrected chi connectivity index (χ4v) is 1.41. The molecule has 1 rings (SSSR count). The molecular formula is C14H19NO3. The summed E-state index contributed by atoms with van der Waals surface area (Å²) in [6.07, 6.45) is 0.758. The summed E-state index contributed by atoms with van der Waals surface area (Å²) in [5.74, 6) is -1.23. The largest absolute Gasteiger partial charge is 0.478 e. The number of anilines is 1. The Morgan fingerprint density at radius 3 is 2.33 bits per heavy atom. The average Bonchev–Trinajstić information content (AvgIpc) is 2.27. The van der Waals surface area contributed by atoms with Gasteiger partial charge in [0.2, 0.25) is 5.91 Å². The zero-order chi connectivity index (χ0) is 13.9. The maximum Gasteiger partial charge on any atom is 0.337 e. The van der Waals surface area contributed by atoms with Gasteiger partial charge in [0.15, 0.2) is 0 Å². The van der Waals surface area contributed by atoms with E-state index in [2.05, 4.69) is 5.32 Å². The molecule has 0 fully saturated rings. The van der Waals surface area contributed by atoms with E-state index in [0.717, 1.165) is 12.0 Å². The molecule has 98 valence electrons. The number of hydrogen-bond acceptors (Lipinski definition) is 2. The fourth-order valence-electron chi connectivity index (χ4n) is 1.41. The minimum Gasteiger partial charge on any atom is -0.478 e. The zero-order valence-corrected chi connectivity index (χ0v) is 11.2. The number of rotatable bonds is 3. The molecule has 0 saturated carbocycles. The predicted molar refractivity (Wildman–Crippen MR) is 70.9 cm³/mol. The molecule has 0 unspecified atom stereocenters. The molecule has 0 saturated heterocycles. The molecular weight excluding hydrogens is 230 g/mol. The van der Waals surface area contributed by atoms with E-state index in [-0.39, 0.29) is 11.5 Å². The van der Waals surface area contributed by atoms with Gasteiger partial charge in [-0.3, -0.25) is 4.79 Å². The van der Waals surface area contributed by atoms with Crippen molar-refractivity contribution in [2.75, 3.05) is 5.32 Å². The lowest BCUT2D eigenvalue weighted by atomic mass is 9.95. The number of amides is 1. The summed E-state index contributed by atoms with van der Waals surface area (Å²) in [5, 5.41) is 11.8. The molecule has 0 atom stereocenters. The van der Waals surface area contributed by atoms with Crippen LogP contribution in [0.4, 0.5) is 5.69 Å². The molecule has 18 heavy (non-hydrogen) atoms. The second kappa shape index (κ2) is 5.21. The van der Waals surface area contributed by atoms with Gasteiger partial charge in [0.25, 0.3) is 0 Å². The third kappa shape index (κ3) is 3.32. The van der Waals surface area contributed by atoms with Crippen molar-refractivity contribution < 1.29 is 14.7 Å². The monoisotopic (exact) mass is 249 g/mol. The molecule has 1 aromatic carbocycles. The normalized spacial score (nSPS) is 11.1. The van der Waals surface area contributed by atoms with E-state index >= 15 is 0 Å². The van der Waals surface area contributed by atoms with Gasteiger partial charge in [-0.25, -0.2) is 4.79 Å². The van der Waals surface area contributed by atoms with Gasteiger partial charge in [0, 0.05) is 5.41 Å². The van der Waals surface area contributed by atoms with Gasteiger partial charge in [-0.05, 0) is 24.1 Å². The highest BCUT2D eigenvalue weighted by molar-refractivity contribution is 6.02. The number of hydrogen-bond donors (Lipinski definition) is 2. The Bertz CT molecular complexity index is 472. The van der Waals surface area contributed by atoms with Crippen LogP contribution >= 0.6 is 0 Å². The van der Waals surface area contributed by atoms with Crippen LogP contribution in [0, 0.1) is 5.41 Å². The molecule has 4 heteroatoms. The Morgan fingerprint density at radius 1 is 1.28 bits per heavy atom. The van der Waals surface area contributed by atoms with Crippen LogP contribution in [0.1, 0.15) is 43.6 Å². The average molecular weight is 249 g/mol. The Labute approximate surface area is 107 Å². The van der Waals surface area contributed by atoms with Crippen molar-refractivity contribution in [2.24, 2.45) is 5.41 Å². The minimum atomic E-state index is -1.03. The molecule has 1 aromatic rings. The first-order chi connectivity index (χ1) is 8.25. The third-order valence-electron chi connectivity index (χ3n) is 2.65. The van der Waals surface area contributed by atoms with Gasteiger partial charge in [0.05, 0.1) is 11.3 Å². The molecule has 0 radical (unpaired) electrons. The molecule has 0 heterocycles. The van der Waals surface area contributed by atoms with Crippen molar-refractivity contribution in [1.82, 2.24) is 0 Å². The molecule has 0 bridgehead atoms. The van der Waals surface area contributed by atoms with Crippen molar-refractivity contribution in [1.29, 1.82) is 0 Å². The Morgan fingerprint density at radius 2 is 1.89 bits per heavy atom. The van der Waals surface area contributed by atoms with Crippen molar-refractivity contribution >= 4 is 17.6 Å². The van der Waals surface area contributed by atoms with E-state index < -0.39 is 11.4 Å². The molecule has 1 amide bonds. The molecule has 0 aromatic heterocycles. The van der Waals surface area contributed by atoms with Crippen LogP contribution < -0.4 is 5.32 Å². The van der Waals surface area contributed by atoms with Crippen LogP contribution in [0.3, 0.4) is 0 Å². The number of carboxylic acid groups (broad SMARTS) is 1. The topological polar surface area (TPSA) is 66.4 Å². The lowest BCUT2D eigenvalue weighted by Crippen LogP contribution is -2.28. The van der Waals surface area contributed by atoms with E-state index in [1.807, 2.05) is 13.0 Å². The van der Waals surface area contributed by atoms with Gasteiger partial charge in [-0.1, -0.05) is 33.8 Å². The number of aromatic carboxylic acids is 1. The van der Waals surface area contributed by atoms with Crippen molar-refractivity contribution in [3.05, 3.63) is 29.3 Å². The number of carboxylic acids is 1. The lowest BCUT2D eigenvalue weighted by Gasteiger charge is -2.19. The standard InChI is InChI=1S/C14H19NO3/c1-5-9-6-7-11(10(8-9)12(16)17)15-13(18)14(2,3)4/h6-8H,5H2,1-4H3,(H,15,18)(H,16,17). The van der Waals surface area contributed by atoms with Crippen molar-refractivity contribution in [3.63, 3.8) is 0 Å². The molecule has 0 spiro atoms. The first kappa shape index (κ1) is 14.2. The van der Waals surface area contributed by atoms with Crippen LogP contribution in [0.5, 0.6) is 0 Å². The van der Waals surface area contributed by atoms with Gasteiger partial charge >= 0.3 is 5.97 Å². The van der Waals surface area contributed by atoms with E-state index in [9.17, 15) is 9.59 Å². The summed E-state index contributed by atoms with van der Waals surface area (Å²) in [5.41, 5.74) is 0.854. The Kier molecular flexibility index (Phi) is 4.11. The van der Waals surface area contributed by atoms with Crippen molar-refractivity contribution in [2.45, 2.75) is 34.1 Å². The van der Waals surface area contributed by atoms with Gasteiger partial charge in [0.1, 0.15) is 0 Å². The Hall–Kier alpha value is -1.84. The quantitative estimate of drug-likeness (QED) is 0.865. The number of carbonyl (C=O) groups excluding carboxylic acids is 1. The number of carbonyl (C=O) groups is 2. The maximum atomic E-state index is 11.9. The highest BCUT2D eigenvalue weighted by atomic mass is 16.4. The lowest BCUT2D eigenvalue weighted by molar-refractivity contribution is -0.123. The summed E-state index contributed by atoms with van der Waals surface area (Å²) in [6, 6.07) is 5.07. The van der Waals surface area contributed by atoms with E-state index in [4.69, 9.17) is 5.11 Å². The molecule has 0 aliphatic rings. The number of aryl methyl sites for hydroxylation is 1. The van der Waals surface area contributed by atoms with E-state index in [1.165, 1.54) is 0 Å². The fraction of sp³-hybridized carbons (Fsp3) is 0.429. The van der Waals surface area contributed by atoms with Crippen LogP contribution in [0.2, 0.25) is 0 Å². The van der Waals surface area contributed by atoms with Crippen molar-refractivity contribution in [3.8, 4) is 0 Å². The first-order valence-corrected chi connectivity index (χ1v) is 5.93. The number of nitrogens with one attached hydrogen (secondary N) is 1. The summed E-state index contributed by atoms with van der Waals surface area (Å²) in [6.45, 7) is 7.30.